The van der Waals surface area contributed by atoms with Crippen LogP contribution in [0.25, 0.3) is 0 Å². The zero-order valence-corrected chi connectivity index (χ0v) is 13.9. The number of sulfonamides is 1. The fraction of sp³-hybridized carbons (Fsp3) is 0.714. The Morgan fingerprint density at radius 3 is 2.52 bits per heavy atom. The van der Waals surface area contributed by atoms with E-state index in [2.05, 4.69) is 40.6 Å². The summed E-state index contributed by atoms with van der Waals surface area (Å²) in [6, 6.07) is 3.91. The highest BCUT2D eigenvalue weighted by atomic mass is 32.2. The Balaban J connectivity index is 2.08. The van der Waals surface area contributed by atoms with Gasteiger partial charge in [0.05, 0.1) is 11.9 Å². The monoisotopic (exact) mass is 312 g/mol. The molecule has 0 spiro atoms. The van der Waals surface area contributed by atoms with Gasteiger partial charge in [-0.15, -0.1) is 5.10 Å². The quantitative estimate of drug-likeness (QED) is 0.910. The number of aromatic nitrogens is 2. The first-order valence-corrected chi connectivity index (χ1v) is 9.11. The standard InChI is InChI=1S/C14H24N4O2S/c1-14(2,3)12-7-8-13(16-15-12)18-9-5-6-11(10-18)17-21(4,19)20/h7-8,11,17H,5-6,9-10H2,1-4H3. The Morgan fingerprint density at radius 2 is 2.00 bits per heavy atom. The zero-order valence-electron chi connectivity index (χ0n) is 13.1. The summed E-state index contributed by atoms with van der Waals surface area (Å²) in [5.74, 6) is 0.808. The largest absolute Gasteiger partial charge is 0.354 e. The second-order valence-electron chi connectivity index (χ2n) is 6.70. The minimum Gasteiger partial charge on any atom is -0.354 e. The molecule has 118 valence electrons. The third-order valence-corrected chi connectivity index (χ3v) is 4.31. The molecular formula is C14H24N4O2S. The number of piperidine rings is 1. The molecule has 1 aromatic rings. The van der Waals surface area contributed by atoms with E-state index in [1.807, 2.05) is 12.1 Å². The predicted molar refractivity (Wildman–Crippen MR) is 83.9 cm³/mol. The van der Waals surface area contributed by atoms with Crippen LogP contribution in [0.2, 0.25) is 0 Å². The van der Waals surface area contributed by atoms with E-state index in [-0.39, 0.29) is 11.5 Å². The summed E-state index contributed by atoms with van der Waals surface area (Å²) in [6.45, 7) is 7.82. The molecule has 1 fully saturated rings. The molecule has 1 aliphatic heterocycles. The first kappa shape index (κ1) is 16.2. The maximum Gasteiger partial charge on any atom is 0.209 e. The lowest BCUT2D eigenvalue weighted by Gasteiger charge is -2.33. The Labute approximate surface area is 127 Å². The molecule has 1 aliphatic rings. The molecule has 2 rings (SSSR count). The lowest BCUT2D eigenvalue weighted by Crippen LogP contribution is -2.47. The summed E-state index contributed by atoms with van der Waals surface area (Å²) in [4.78, 5) is 2.09. The molecule has 7 heteroatoms. The van der Waals surface area contributed by atoms with Crippen LogP contribution in [-0.2, 0) is 15.4 Å². The van der Waals surface area contributed by atoms with E-state index in [9.17, 15) is 8.42 Å². The number of nitrogens with zero attached hydrogens (tertiary/aromatic N) is 3. The fourth-order valence-electron chi connectivity index (χ4n) is 2.48. The first-order valence-electron chi connectivity index (χ1n) is 7.21. The number of nitrogens with one attached hydrogen (secondary N) is 1. The molecule has 1 atom stereocenters. The average molecular weight is 312 g/mol. The van der Waals surface area contributed by atoms with Crippen LogP contribution < -0.4 is 9.62 Å². The Bertz CT molecular complexity index is 578. The van der Waals surface area contributed by atoms with Crippen LogP contribution in [0.5, 0.6) is 0 Å². The van der Waals surface area contributed by atoms with Gasteiger partial charge in [-0.1, -0.05) is 20.8 Å². The van der Waals surface area contributed by atoms with Crippen molar-refractivity contribution in [2.24, 2.45) is 0 Å². The third kappa shape index (κ3) is 4.64. The molecule has 0 aliphatic carbocycles. The van der Waals surface area contributed by atoms with E-state index in [1.54, 1.807) is 0 Å². The molecule has 0 amide bonds. The van der Waals surface area contributed by atoms with Crippen molar-refractivity contribution >= 4 is 15.8 Å². The van der Waals surface area contributed by atoms with Gasteiger partial charge >= 0.3 is 0 Å². The molecular weight excluding hydrogens is 288 g/mol. The van der Waals surface area contributed by atoms with E-state index in [4.69, 9.17) is 0 Å². The van der Waals surface area contributed by atoms with Gasteiger partial charge in [-0.2, -0.15) is 5.10 Å². The Morgan fingerprint density at radius 1 is 1.29 bits per heavy atom. The highest BCUT2D eigenvalue weighted by Crippen LogP contribution is 2.22. The van der Waals surface area contributed by atoms with E-state index in [0.717, 1.165) is 30.9 Å². The van der Waals surface area contributed by atoms with Gasteiger partial charge < -0.3 is 4.90 Å². The van der Waals surface area contributed by atoms with Crippen LogP contribution in [0.1, 0.15) is 39.3 Å². The number of hydrogen-bond donors (Lipinski definition) is 1. The van der Waals surface area contributed by atoms with Gasteiger partial charge in [-0.25, -0.2) is 13.1 Å². The molecule has 0 saturated carbocycles. The lowest BCUT2D eigenvalue weighted by atomic mass is 9.92. The number of anilines is 1. The molecule has 1 unspecified atom stereocenters. The predicted octanol–water partition coefficient (Wildman–Crippen LogP) is 1.29. The highest BCUT2D eigenvalue weighted by Gasteiger charge is 2.24. The van der Waals surface area contributed by atoms with Gasteiger partial charge in [-0.3, -0.25) is 0 Å². The smallest absolute Gasteiger partial charge is 0.209 e. The summed E-state index contributed by atoms with van der Waals surface area (Å²) in [6.07, 6.45) is 3.00. The molecule has 21 heavy (non-hydrogen) atoms. The molecule has 0 bridgehead atoms. The summed E-state index contributed by atoms with van der Waals surface area (Å²) in [7, 11) is -3.17. The van der Waals surface area contributed by atoms with Crippen molar-refractivity contribution in [2.75, 3.05) is 24.2 Å². The highest BCUT2D eigenvalue weighted by molar-refractivity contribution is 7.88. The van der Waals surface area contributed by atoms with Gasteiger partial charge in [0.1, 0.15) is 0 Å². The molecule has 1 saturated heterocycles. The minimum atomic E-state index is -3.17. The van der Waals surface area contributed by atoms with Crippen molar-refractivity contribution in [3.05, 3.63) is 17.8 Å². The van der Waals surface area contributed by atoms with Crippen molar-refractivity contribution in [1.82, 2.24) is 14.9 Å². The van der Waals surface area contributed by atoms with Crippen molar-refractivity contribution in [2.45, 2.75) is 45.1 Å². The summed E-state index contributed by atoms with van der Waals surface area (Å²) in [5, 5.41) is 8.59. The lowest BCUT2D eigenvalue weighted by molar-refractivity contribution is 0.464. The molecule has 0 aromatic carbocycles. The van der Waals surface area contributed by atoms with E-state index in [1.165, 1.54) is 6.26 Å². The molecule has 6 nitrogen and oxygen atoms in total. The van der Waals surface area contributed by atoms with Crippen LogP contribution in [0.3, 0.4) is 0 Å². The summed E-state index contributed by atoms with van der Waals surface area (Å²) < 4.78 is 25.4. The van der Waals surface area contributed by atoms with E-state index in [0.29, 0.717) is 6.54 Å². The van der Waals surface area contributed by atoms with Gasteiger partial charge in [-0.05, 0) is 25.0 Å². The average Bonchev–Trinajstić information content (AvgIpc) is 2.36. The molecule has 1 N–H and O–H groups in total. The van der Waals surface area contributed by atoms with E-state index >= 15 is 0 Å². The first-order chi connectivity index (χ1) is 9.65. The van der Waals surface area contributed by atoms with Crippen LogP contribution in [0.4, 0.5) is 5.82 Å². The Hall–Kier alpha value is -1.21. The van der Waals surface area contributed by atoms with Crippen LogP contribution in [0.15, 0.2) is 12.1 Å². The van der Waals surface area contributed by atoms with E-state index < -0.39 is 10.0 Å². The Kier molecular flexibility index (Phi) is 4.53. The van der Waals surface area contributed by atoms with Crippen molar-refractivity contribution in [3.8, 4) is 0 Å². The normalized spacial score (nSPS) is 20.6. The molecule has 2 heterocycles. The number of rotatable bonds is 3. The van der Waals surface area contributed by atoms with Gasteiger partial charge in [0, 0.05) is 24.5 Å². The van der Waals surface area contributed by atoms with Crippen molar-refractivity contribution < 1.29 is 8.42 Å². The van der Waals surface area contributed by atoms with Crippen LogP contribution in [-0.4, -0.2) is 44.0 Å². The second kappa shape index (κ2) is 5.88. The van der Waals surface area contributed by atoms with Gasteiger partial charge in [0.25, 0.3) is 0 Å². The summed E-state index contributed by atoms with van der Waals surface area (Å²) in [5.41, 5.74) is 0.933. The topological polar surface area (TPSA) is 75.2 Å². The zero-order chi connectivity index (χ0) is 15.7. The van der Waals surface area contributed by atoms with Crippen LogP contribution >= 0.6 is 0 Å². The third-order valence-electron chi connectivity index (χ3n) is 3.55. The molecule has 0 radical (unpaired) electrons. The SMILES string of the molecule is CC(C)(C)c1ccc(N2CCCC(NS(C)(=O)=O)C2)nn1. The van der Waals surface area contributed by atoms with Crippen molar-refractivity contribution in [3.63, 3.8) is 0 Å². The van der Waals surface area contributed by atoms with Crippen molar-refractivity contribution in [1.29, 1.82) is 0 Å². The second-order valence-corrected chi connectivity index (χ2v) is 8.48. The maximum atomic E-state index is 11.3. The summed E-state index contributed by atoms with van der Waals surface area (Å²) >= 11 is 0. The van der Waals surface area contributed by atoms with Gasteiger partial charge in [0.2, 0.25) is 10.0 Å². The minimum absolute atomic E-state index is 0.0200. The number of hydrogen-bond acceptors (Lipinski definition) is 5. The molecule has 1 aromatic heterocycles. The maximum absolute atomic E-state index is 11.3. The fourth-order valence-corrected chi connectivity index (χ4v) is 3.28. The van der Waals surface area contributed by atoms with Crippen LogP contribution in [0, 0.1) is 0 Å². The van der Waals surface area contributed by atoms with Gasteiger partial charge in [0.15, 0.2) is 5.82 Å².